The van der Waals surface area contributed by atoms with Crippen molar-refractivity contribution in [2.75, 3.05) is 0 Å². The molecule has 440 valence electrons. The van der Waals surface area contributed by atoms with Crippen LogP contribution in [0.3, 0.4) is 0 Å². The lowest BCUT2D eigenvalue weighted by atomic mass is 9.63. The maximum absolute atomic E-state index is 12.9. The van der Waals surface area contributed by atoms with E-state index in [1.54, 1.807) is 0 Å². The second-order valence-electron chi connectivity index (χ2n) is 25.9. The van der Waals surface area contributed by atoms with Crippen LogP contribution in [-0.4, -0.2) is 46.1 Å². The van der Waals surface area contributed by atoms with Crippen molar-refractivity contribution in [3.63, 3.8) is 0 Å². The van der Waals surface area contributed by atoms with Crippen molar-refractivity contribution in [3.05, 3.63) is 113 Å². The van der Waals surface area contributed by atoms with Gasteiger partial charge in [0.1, 0.15) is 23.4 Å². The molecule has 0 aromatic carbocycles. The predicted molar refractivity (Wildman–Crippen MR) is 332 cm³/mol. The highest BCUT2D eigenvalue weighted by Crippen LogP contribution is 2.66. The van der Waals surface area contributed by atoms with Crippen LogP contribution < -0.4 is 0 Å². The Kier molecular flexibility index (Phi) is 32.2. The number of fused-ring (bicyclic) bond motifs is 1. The fourth-order valence-electron chi connectivity index (χ4n) is 12.4. The van der Waals surface area contributed by atoms with E-state index >= 15 is 0 Å². The standard InChI is InChI=1S/C72H116O6/c1-13-15-17-19-21-23-25-27-29-31-33-35-37-49-66(73)76-63-55-68(7,8)65(70(11,75)57-63)52-51-61(5)47-41-45-59(3)43-39-40-44-60(4)46-42-48-62(6)53-54-72-69(9,10)56-64(58-71(72,12)78-72)77-67(74)50-38-36-34-32-30-28-26-24-22-20-18-16-14-2/h39-48,51,53-54,63-64,75H,13-38,49-50,55-58H2,1-12H3/b40-39+,45-41+,46-42+,54-53+,59-43+,60-44+,61-47+,62-48-/t52?,63-,64-,70+,71+,72-/m0/s1. The quantitative estimate of drug-likeness (QED) is 0.0217. The third-order valence-electron chi connectivity index (χ3n) is 16.9. The topological polar surface area (TPSA) is 85.4 Å². The zero-order valence-corrected chi connectivity index (χ0v) is 52.3. The van der Waals surface area contributed by atoms with Crippen LogP contribution in [0.1, 0.15) is 289 Å². The fraction of sp³-hybridized carbons (Fsp3) is 0.708. The molecule has 0 radical (unpaired) electrons. The van der Waals surface area contributed by atoms with Crippen molar-refractivity contribution in [2.45, 2.75) is 318 Å². The predicted octanol–water partition coefficient (Wildman–Crippen LogP) is 20.8. The van der Waals surface area contributed by atoms with Gasteiger partial charge in [-0.1, -0.05) is 279 Å². The fourth-order valence-corrected chi connectivity index (χ4v) is 12.4. The molecule has 5 atom stereocenters. The summed E-state index contributed by atoms with van der Waals surface area (Å²) in [5, 5.41) is 11.6. The van der Waals surface area contributed by atoms with Gasteiger partial charge in [0.25, 0.3) is 0 Å². The summed E-state index contributed by atoms with van der Waals surface area (Å²) < 4.78 is 18.6. The molecule has 1 heterocycles. The highest BCUT2D eigenvalue weighted by Gasteiger charge is 2.75. The largest absolute Gasteiger partial charge is 0.462 e. The maximum Gasteiger partial charge on any atom is 0.306 e. The Bertz CT molecular complexity index is 2070. The minimum absolute atomic E-state index is 0.0541. The third kappa shape index (κ3) is 26.3. The molecule has 0 spiro atoms. The number of carbonyl (C=O) groups excluding carboxylic acids is 2. The molecule has 1 saturated heterocycles. The first-order chi connectivity index (χ1) is 37.2. The van der Waals surface area contributed by atoms with Gasteiger partial charge in [0.2, 0.25) is 0 Å². The van der Waals surface area contributed by atoms with Crippen molar-refractivity contribution in [2.24, 2.45) is 10.8 Å². The Balaban J connectivity index is 1.36. The Hall–Kier alpha value is -3.70. The number of hydrogen-bond acceptors (Lipinski definition) is 6. The molecule has 6 heteroatoms. The van der Waals surface area contributed by atoms with Crippen LogP contribution in [0, 0.1) is 10.8 Å². The highest BCUT2D eigenvalue weighted by atomic mass is 16.6. The Morgan fingerprint density at radius 2 is 0.872 bits per heavy atom. The molecule has 2 aliphatic carbocycles. The lowest BCUT2D eigenvalue weighted by molar-refractivity contribution is -0.156. The number of unbranched alkanes of at least 4 members (excludes halogenated alkanes) is 24. The summed E-state index contributed by atoms with van der Waals surface area (Å²) in [6.07, 6.45) is 63.8. The Morgan fingerprint density at radius 3 is 1.28 bits per heavy atom. The Morgan fingerprint density at radius 1 is 0.500 bits per heavy atom. The van der Waals surface area contributed by atoms with Crippen LogP contribution in [0.15, 0.2) is 113 Å². The van der Waals surface area contributed by atoms with Gasteiger partial charge in [-0.05, 0) is 90.4 Å². The number of epoxide rings is 1. The molecule has 0 aromatic rings. The molecule has 0 bridgehead atoms. The van der Waals surface area contributed by atoms with Crippen molar-refractivity contribution in [3.8, 4) is 0 Å². The van der Waals surface area contributed by atoms with Crippen LogP contribution in [0.25, 0.3) is 0 Å². The molecule has 0 unspecified atom stereocenters. The van der Waals surface area contributed by atoms with Crippen LogP contribution in [0.5, 0.6) is 0 Å². The van der Waals surface area contributed by atoms with E-state index in [9.17, 15) is 14.7 Å². The summed E-state index contributed by atoms with van der Waals surface area (Å²) in [5.41, 5.74) is 6.41. The van der Waals surface area contributed by atoms with Crippen LogP contribution >= 0.6 is 0 Å². The molecule has 1 aliphatic heterocycles. The zero-order valence-electron chi connectivity index (χ0n) is 52.3. The number of aliphatic hydroxyl groups is 1. The average molecular weight is 1080 g/mol. The van der Waals surface area contributed by atoms with Gasteiger partial charge in [-0.2, -0.15) is 0 Å². The first-order valence-corrected chi connectivity index (χ1v) is 31.9. The molecular formula is C72H116O6. The molecule has 78 heavy (non-hydrogen) atoms. The lowest BCUT2D eigenvalue weighted by Gasteiger charge is -2.44. The van der Waals surface area contributed by atoms with Gasteiger partial charge in [-0.15, -0.1) is 5.73 Å². The van der Waals surface area contributed by atoms with Crippen LogP contribution in [0.4, 0.5) is 0 Å². The molecule has 1 N–H and O–H groups in total. The summed E-state index contributed by atoms with van der Waals surface area (Å²) in [7, 11) is 0. The smallest absolute Gasteiger partial charge is 0.306 e. The lowest BCUT2D eigenvalue weighted by Crippen LogP contribution is -2.47. The second-order valence-corrected chi connectivity index (χ2v) is 25.9. The van der Waals surface area contributed by atoms with Gasteiger partial charge in [0.15, 0.2) is 0 Å². The molecule has 3 aliphatic rings. The molecule has 0 aromatic heterocycles. The number of rotatable bonds is 39. The van der Waals surface area contributed by atoms with Crippen LogP contribution in [-0.2, 0) is 23.8 Å². The van der Waals surface area contributed by atoms with E-state index < -0.39 is 5.60 Å². The van der Waals surface area contributed by atoms with E-state index in [-0.39, 0.29) is 46.2 Å². The van der Waals surface area contributed by atoms with E-state index in [0.717, 1.165) is 66.4 Å². The SMILES string of the molecule is CCCCCCCCCCCCCCCC(=O)O[C@H]1CC(C)(C)[C@]2(/C=C/C(C)=C\C=C\C(C)=C\C=C\C=C(C)\C=C\C=C(/C)C=C=C3C(C)(C)C[C@H](OC(=O)CCCCCCCCCCCCCCC)C[C@@]3(C)O)O[C@]2(C)C1. The van der Waals surface area contributed by atoms with E-state index in [2.05, 4.69) is 142 Å². The average Bonchev–Trinajstić information content (AvgIpc) is 4.23. The summed E-state index contributed by atoms with van der Waals surface area (Å²) in [6.45, 7) is 25.6. The zero-order chi connectivity index (χ0) is 57.3. The summed E-state index contributed by atoms with van der Waals surface area (Å²) in [4.78, 5) is 25.7. The van der Waals surface area contributed by atoms with E-state index in [4.69, 9.17) is 14.2 Å². The summed E-state index contributed by atoms with van der Waals surface area (Å²) in [6, 6.07) is 0. The maximum atomic E-state index is 12.9. The highest BCUT2D eigenvalue weighted by molar-refractivity contribution is 5.70. The molecule has 6 nitrogen and oxygen atoms in total. The number of esters is 2. The molecule has 3 fully saturated rings. The first-order valence-electron chi connectivity index (χ1n) is 31.9. The number of carbonyl (C=O) groups is 2. The molecule has 0 amide bonds. The normalized spacial score (nSPS) is 24.6. The molecule has 2 saturated carbocycles. The van der Waals surface area contributed by atoms with Gasteiger partial charge >= 0.3 is 11.9 Å². The third-order valence-corrected chi connectivity index (χ3v) is 16.9. The van der Waals surface area contributed by atoms with Crippen molar-refractivity contribution in [1.82, 2.24) is 0 Å². The van der Waals surface area contributed by atoms with Gasteiger partial charge < -0.3 is 19.3 Å². The van der Waals surface area contributed by atoms with E-state index in [1.807, 2.05) is 26.0 Å². The van der Waals surface area contributed by atoms with Crippen molar-refractivity contribution in [1.29, 1.82) is 0 Å². The van der Waals surface area contributed by atoms with E-state index in [1.165, 1.54) is 141 Å². The van der Waals surface area contributed by atoms with Gasteiger partial charge in [-0.25, -0.2) is 0 Å². The minimum Gasteiger partial charge on any atom is -0.462 e. The molecule has 3 rings (SSSR count). The second kappa shape index (κ2) is 36.6. The van der Waals surface area contributed by atoms with Crippen LogP contribution in [0.2, 0.25) is 0 Å². The monoisotopic (exact) mass is 1080 g/mol. The van der Waals surface area contributed by atoms with E-state index in [0.29, 0.717) is 25.7 Å². The number of allylic oxidation sites excluding steroid dienone is 15. The number of ether oxygens (including phenoxy) is 3. The Labute approximate surface area is 479 Å². The van der Waals surface area contributed by atoms with Gasteiger partial charge in [0, 0.05) is 36.7 Å². The minimum atomic E-state index is -1.12. The van der Waals surface area contributed by atoms with Crippen molar-refractivity contribution < 1.29 is 28.9 Å². The summed E-state index contributed by atoms with van der Waals surface area (Å²) in [5.74, 6) is -0.195. The van der Waals surface area contributed by atoms with Gasteiger partial charge in [0.05, 0.1) is 5.60 Å². The molecular weight excluding hydrogens is 961 g/mol. The number of hydrogen-bond donors (Lipinski definition) is 1. The first kappa shape index (κ1) is 68.6. The summed E-state index contributed by atoms with van der Waals surface area (Å²) >= 11 is 0. The van der Waals surface area contributed by atoms with Gasteiger partial charge in [-0.3, -0.25) is 9.59 Å². The van der Waals surface area contributed by atoms with Crippen molar-refractivity contribution >= 4 is 11.9 Å².